The fraction of sp³-hybridized carbons (Fsp3) is 0.467. The van der Waals surface area contributed by atoms with Gasteiger partial charge in [0.05, 0.1) is 17.8 Å². The topological polar surface area (TPSA) is 77.5 Å². The van der Waals surface area contributed by atoms with Crippen molar-refractivity contribution in [2.24, 2.45) is 5.10 Å². The summed E-state index contributed by atoms with van der Waals surface area (Å²) >= 11 is 6.41. The van der Waals surface area contributed by atoms with Crippen LogP contribution >= 0.6 is 11.6 Å². The van der Waals surface area contributed by atoms with Gasteiger partial charge < -0.3 is 0 Å². The molecule has 1 fully saturated rings. The Hall–Kier alpha value is -2.54. The van der Waals surface area contributed by atoms with Crippen molar-refractivity contribution >= 4 is 29.2 Å². The summed E-state index contributed by atoms with van der Waals surface area (Å²) in [5.41, 5.74) is 0.713. The number of fused-ring (bicyclic) bond motifs is 2. The van der Waals surface area contributed by atoms with Crippen LogP contribution in [0.5, 0.6) is 0 Å². The molecular formula is C15H14ClF3N6O. The van der Waals surface area contributed by atoms with Gasteiger partial charge in [-0.2, -0.15) is 33.3 Å². The van der Waals surface area contributed by atoms with Crippen LogP contribution < -0.4 is 4.90 Å². The quantitative estimate of drug-likeness (QED) is 0.742. The lowest BCUT2D eigenvalue weighted by molar-refractivity contribution is -0.170. The molecule has 0 saturated carbocycles. The summed E-state index contributed by atoms with van der Waals surface area (Å²) in [4.78, 5) is 12.0. The van der Waals surface area contributed by atoms with Crippen molar-refractivity contribution in [3.05, 3.63) is 22.4 Å². The number of carbonyl (C=O) groups excluding carboxylic acids is 1. The largest absolute Gasteiger partial charge is 0.471 e. The van der Waals surface area contributed by atoms with Crippen molar-refractivity contribution < 1.29 is 18.0 Å². The van der Waals surface area contributed by atoms with Crippen molar-refractivity contribution in [3.8, 4) is 6.07 Å². The van der Waals surface area contributed by atoms with Gasteiger partial charge in [-0.15, -0.1) is 0 Å². The zero-order valence-corrected chi connectivity index (χ0v) is 14.5. The highest BCUT2D eigenvalue weighted by molar-refractivity contribution is 6.44. The zero-order valence-electron chi connectivity index (χ0n) is 13.7. The van der Waals surface area contributed by atoms with Gasteiger partial charge in [0.25, 0.3) is 0 Å². The summed E-state index contributed by atoms with van der Waals surface area (Å²) in [6, 6.07) is 1.75. The molecule has 11 heteroatoms. The average molecular weight is 387 g/mol. The monoisotopic (exact) mass is 386 g/mol. The molecule has 0 unspecified atom stereocenters. The Kier molecular flexibility index (Phi) is 4.66. The Morgan fingerprint density at radius 2 is 2.15 bits per heavy atom. The maximum absolute atomic E-state index is 12.8. The molecule has 1 amide bonds. The van der Waals surface area contributed by atoms with Crippen LogP contribution in [0.1, 0.15) is 24.8 Å². The number of nitrogens with zero attached hydrogens (tertiary/aromatic N) is 6. The number of hydrazone groups is 1. The average Bonchev–Trinajstić information content (AvgIpc) is 2.91. The lowest BCUT2D eigenvalue weighted by atomic mass is 10.1. The van der Waals surface area contributed by atoms with E-state index in [1.54, 1.807) is 11.1 Å². The van der Waals surface area contributed by atoms with E-state index in [1.165, 1.54) is 0 Å². The van der Waals surface area contributed by atoms with Crippen LogP contribution in [0.15, 0.2) is 21.9 Å². The highest BCUT2D eigenvalue weighted by Crippen LogP contribution is 2.31. The lowest BCUT2D eigenvalue weighted by Crippen LogP contribution is -2.41. The molecule has 1 saturated heterocycles. The van der Waals surface area contributed by atoms with E-state index in [1.807, 2.05) is 0 Å². The summed E-state index contributed by atoms with van der Waals surface area (Å²) in [6.45, 7) is 1.22. The number of aromatic nitrogens is 2. The van der Waals surface area contributed by atoms with Crippen LogP contribution in [0, 0.1) is 11.3 Å². The van der Waals surface area contributed by atoms with E-state index in [2.05, 4.69) is 10.2 Å². The van der Waals surface area contributed by atoms with Gasteiger partial charge in [0.2, 0.25) is 0 Å². The third kappa shape index (κ3) is 3.14. The number of alkyl halides is 3. The fourth-order valence-electron chi connectivity index (χ4n) is 2.93. The first-order chi connectivity index (χ1) is 12.2. The minimum atomic E-state index is -5.09. The highest BCUT2D eigenvalue weighted by Gasteiger charge is 2.43. The number of amides is 1. The molecule has 2 bridgehead atoms. The summed E-state index contributed by atoms with van der Waals surface area (Å²) in [5.74, 6) is -2.34. The van der Waals surface area contributed by atoms with Crippen LogP contribution in [0.4, 0.5) is 19.0 Å². The number of carbonyl (C=O) groups is 1. The van der Waals surface area contributed by atoms with Gasteiger partial charge in [-0.25, -0.2) is 0 Å². The van der Waals surface area contributed by atoms with Crippen molar-refractivity contribution in [3.63, 3.8) is 0 Å². The van der Waals surface area contributed by atoms with E-state index in [0.29, 0.717) is 18.0 Å². The second kappa shape index (κ2) is 6.64. The fourth-order valence-corrected chi connectivity index (χ4v) is 3.20. The van der Waals surface area contributed by atoms with Crippen LogP contribution in [0.25, 0.3) is 0 Å². The Morgan fingerprint density at radius 3 is 2.81 bits per heavy atom. The second-order valence-corrected chi connectivity index (χ2v) is 6.33. The number of anilines is 1. The molecule has 0 aliphatic carbocycles. The van der Waals surface area contributed by atoms with E-state index < -0.39 is 12.1 Å². The van der Waals surface area contributed by atoms with Gasteiger partial charge in [0, 0.05) is 13.6 Å². The second-order valence-electron chi connectivity index (χ2n) is 5.95. The van der Waals surface area contributed by atoms with Gasteiger partial charge in [-0.1, -0.05) is 11.6 Å². The normalized spacial score (nSPS) is 17.5. The summed E-state index contributed by atoms with van der Waals surface area (Å²) in [7, 11) is 0.932. The molecule has 1 aromatic rings. The minimum Gasteiger partial charge on any atom is -0.291 e. The molecule has 0 aromatic carbocycles. The van der Waals surface area contributed by atoms with Crippen molar-refractivity contribution in [1.82, 2.24) is 14.8 Å². The third-order valence-corrected chi connectivity index (χ3v) is 4.63. The third-order valence-electron chi connectivity index (χ3n) is 4.19. The predicted molar refractivity (Wildman–Crippen MR) is 87.5 cm³/mol. The van der Waals surface area contributed by atoms with Gasteiger partial charge in [-0.3, -0.25) is 14.7 Å². The first-order valence-corrected chi connectivity index (χ1v) is 8.16. The maximum Gasteiger partial charge on any atom is 0.471 e. The number of hydrogen-bond donors (Lipinski definition) is 0. The Bertz CT molecular complexity index is 851. The molecular weight excluding hydrogens is 373 g/mol. The molecule has 138 valence electrons. The molecule has 0 N–H and O–H groups in total. The van der Waals surface area contributed by atoms with E-state index >= 15 is 0 Å². The van der Waals surface area contributed by atoms with Gasteiger partial charge in [0.1, 0.15) is 11.6 Å². The maximum atomic E-state index is 12.8. The number of rotatable bonds is 1. The first-order valence-electron chi connectivity index (χ1n) is 7.79. The summed E-state index contributed by atoms with van der Waals surface area (Å²) in [5, 5.41) is 19.6. The number of allylic oxidation sites excluding steroid dienone is 1. The SMILES string of the molecule is CN(C(=O)C(F)(F)F)c1c(C#N)cnn1C1=NN2CCCCC(=C1Cl)C2. The first kappa shape index (κ1) is 18.3. The lowest BCUT2D eigenvalue weighted by Gasteiger charge is -2.27. The van der Waals surface area contributed by atoms with Crippen LogP contribution in [0.3, 0.4) is 0 Å². The van der Waals surface area contributed by atoms with Gasteiger partial charge in [-0.05, 0) is 24.8 Å². The van der Waals surface area contributed by atoms with Crippen LogP contribution in [-0.4, -0.2) is 52.8 Å². The predicted octanol–water partition coefficient (Wildman–Crippen LogP) is 2.43. The standard InChI is InChI=1S/C15H14ClF3N6O/c1-23(14(26)15(17,18)19)13-10(6-20)7-21-25(13)12-11(16)9-4-2-3-5-24(8-9)22-12/h7H,2-5,8H2,1H3. The Balaban J connectivity index is 2.11. The van der Waals surface area contributed by atoms with E-state index in [4.69, 9.17) is 11.6 Å². The summed E-state index contributed by atoms with van der Waals surface area (Å²) in [6.07, 6.45) is -1.43. The Morgan fingerprint density at radius 1 is 1.42 bits per heavy atom. The van der Waals surface area contributed by atoms with Crippen molar-refractivity contribution in [1.29, 1.82) is 5.26 Å². The molecule has 2 aliphatic rings. The molecule has 7 nitrogen and oxygen atoms in total. The van der Waals surface area contributed by atoms with Gasteiger partial charge >= 0.3 is 12.1 Å². The van der Waals surface area contributed by atoms with Gasteiger partial charge in [0.15, 0.2) is 11.7 Å². The molecule has 2 aliphatic heterocycles. The van der Waals surface area contributed by atoms with Crippen molar-refractivity contribution in [2.75, 3.05) is 25.0 Å². The Labute approximate surface area is 151 Å². The number of nitriles is 1. The molecule has 0 atom stereocenters. The molecule has 1 aromatic heterocycles. The van der Waals surface area contributed by atoms with E-state index in [-0.39, 0.29) is 22.2 Å². The van der Waals surface area contributed by atoms with E-state index in [9.17, 15) is 23.2 Å². The number of hydrogen-bond acceptors (Lipinski definition) is 5. The van der Waals surface area contributed by atoms with Crippen LogP contribution in [0.2, 0.25) is 0 Å². The molecule has 3 heterocycles. The molecule has 3 rings (SSSR count). The van der Waals surface area contributed by atoms with E-state index in [0.717, 1.165) is 42.8 Å². The summed E-state index contributed by atoms with van der Waals surface area (Å²) < 4.78 is 39.5. The highest BCUT2D eigenvalue weighted by atomic mass is 35.5. The molecule has 26 heavy (non-hydrogen) atoms. The molecule has 0 radical (unpaired) electrons. The van der Waals surface area contributed by atoms with Crippen LogP contribution in [-0.2, 0) is 4.79 Å². The molecule has 0 spiro atoms. The number of halogens is 4. The zero-order chi connectivity index (χ0) is 19.1. The van der Waals surface area contributed by atoms with Crippen molar-refractivity contribution in [2.45, 2.75) is 25.4 Å². The minimum absolute atomic E-state index is 0.105. The smallest absolute Gasteiger partial charge is 0.291 e.